The molecular weight excluding hydrogens is 381 g/mol. The van der Waals surface area contributed by atoms with Crippen LogP contribution in [0.25, 0.3) is 33.5 Å². The Morgan fingerprint density at radius 3 is 2.50 bits per heavy atom. The predicted molar refractivity (Wildman–Crippen MR) is 117 cm³/mol. The third-order valence-corrected chi connectivity index (χ3v) is 5.68. The van der Waals surface area contributed by atoms with Crippen molar-refractivity contribution in [1.82, 2.24) is 19.9 Å². The van der Waals surface area contributed by atoms with Gasteiger partial charge in [0, 0.05) is 42.8 Å². The summed E-state index contributed by atoms with van der Waals surface area (Å²) in [6, 6.07) is 14.3. The number of halogens is 1. The molecule has 1 aliphatic rings. The molecule has 0 amide bonds. The SMILES string of the molecule is CN1CCN(c2ccc(-c3cnc(-c4cc5cc(F)ccc5[nH]c4=O)[nH]3)cc2)CC1. The maximum atomic E-state index is 13.6. The fourth-order valence-corrected chi connectivity index (χ4v) is 3.87. The van der Waals surface area contributed by atoms with Gasteiger partial charge in [0.15, 0.2) is 0 Å². The topological polar surface area (TPSA) is 68.0 Å². The van der Waals surface area contributed by atoms with Crippen molar-refractivity contribution < 1.29 is 4.39 Å². The second kappa shape index (κ2) is 7.42. The van der Waals surface area contributed by atoms with E-state index in [4.69, 9.17) is 0 Å². The number of rotatable bonds is 3. The summed E-state index contributed by atoms with van der Waals surface area (Å²) in [5.74, 6) is 0.113. The van der Waals surface area contributed by atoms with E-state index in [2.05, 4.69) is 56.1 Å². The Labute approximate surface area is 173 Å². The summed E-state index contributed by atoms with van der Waals surface area (Å²) in [6.07, 6.45) is 1.72. The molecular formula is C23H22FN5O. The number of imidazole rings is 1. The summed E-state index contributed by atoms with van der Waals surface area (Å²) in [5, 5.41) is 0.624. The molecule has 0 saturated carbocycles. The second-order valence-corrected chi connectivity index (χ2v) is 7.73. The lowest BCUT2D eigenvalue weighted by Crippen LogP contribution is -2.44. The Kier molecular flexibility index (Phi) is 4.59. The normalized spacial score (nSPS) is 15.1. The fraction of sp³-hybridized carbons (Fsp3) is 0.217. The van der Waals surface area contributed by atoms with Crippen LogP contribution in [-0.2, 0) is 0 Å². The van der Waals surface area contributed by atoms with Crippen LogP contribution in [0.2, 0.25) is 0 Å². The van der Waals surface area contributed by atoms with Crippen LogP contribution in [0.4, 0.5) is 10.1 Å². The number of nitrogens with one attached hydrogen (secondary N) is 2. The van der Waals surface area contributed by atoms with Crippen molar-refractivity contribution in [1.29, 1.82) is 0 Å². The first-order valence-corrected chi connectivity index (χ1v) is 9.99. The van der Waals surface area contributed by atoms with Gasteiger partial charge in [0.1, 0.15) is 11.6 Å². The first-order valence-electron chi connectivity index (χ1n) is 9.99. The van der Waals surface area contributed by atoms with Gasteiger partial charge in [0.2, 0.25) is 0 Å². The number of aromatic nitrogens is 3. The molecule has 3 heterocycles. The lowest BCUT2D eigenvalue weighted by molar-refractivity contribution is 0.313. The number of aromatic amines is 2. The second-order valence-electron chi connectivity index (χ2n) is 7.73. The molecule has 2 aromatic heterocycles. The van der Waals surface area contributed by atoms with Crippen LogP contribution in [0.3, 0.4) is 0 Å². The molecule has 5 rings (SSSR count). The summed E-state index contributed by atoms with van der Waals surface area (Å²) in [4.78, 5) is 27.6. The summed E-state index contributed by atoms with van der Waals surface area (Å²) in [5.41, 5.74) is 3.74. The van der Waals surface area contributed by atoms with Gasteiger partial charge in [-0.25, -0.2) is 9.37 Å². The Balaban J connectivity index is 1.42. The van der Waals surface area contributed by atoms with Crippen LogP contribution in [0.5, 0.6) is 0 Å². The van der Waals surface area contributed by atoms with E-state index >= 15 is 0 Å². The highest BCUT2D eigenvalue weighted by Crippen LogP contribution is 2.25. The Morgan fingerprint density at radius 1 is 0.967 bits per heavy atom. The number of hydrogen-bond acceptors (Lipinski definition) is 4. The van der Waals surface area contributed by atoms with E-state index in [1.165, 1.54) is 17.8 Å². The molecule has 2 aromatic carbocycles. The summed E-state index contributed by atoms with van der Waals surface area (Å²) < 4.78 is 13.6. The minimum atomic E-state index is -0.346. The smallest absolute Gasteiger partial charge is 0.259 e. The molecule has 0 aliphatic carbocycles. The minimum Gasteiger partial charge on any atom is -0.369 e. The maximum Gasteiger partial charge on any atom is 0.259 e. The number of fused-ring (bicyclic) bond motifs is 1. The zero-order chi connectivity index (χ0) is 20.7. The molecule has 0 radical (unpaired) electrons. The fourth-order valence-electron chi connectivity index (χ4n) is 3.87. The Morgan fingerprint density at radius 2 is 1.73 bits per heavy atom. The summed E-state index contributed by atoms with van der Waals surface area (Å²) in [6.45, 7) is 4.18. The van der Waals surface area contributed by atoms with Crippen LogP contribution >= 0.6 is 0 Å². The van der Waals surface area contributed by atoms with Crippen LogP contribution in [-0.4, -0.2) is 53.1 Å². The number of nitrogens with zero attached hydrogens (tertiary/aromatic N) is 3. The zero-order valence-electron chi connectivity index (χ0n) is 16.7. The average molecular weight is 403 g/mol. The summed E-state index contributed by atoms with van der Waals surface area (Å²) >= 11 is 0. The van der Waals surface area contributed by atoms with Crippen LogP contribution in [0.1, 0.15) is 0 Å². The number of likely N-dealkylation sites (N-methyl/N-ethyl adjacent to an activating group) is 1. The van der Waals surface area contributed by atoms with Gasteiger partial charge in [-0.1, -0.05) is 12.1 Å². The van der Waals surface area contributed by atoms with Crippen molar-refractivity contribution in [3.63, 3.8) is 0 Å². The number of H-pyrrole nitrogens is 2. The number of pyridine rings is 1. The Hall–Kier alpha value is -3.45. The third kappa shape index (κ3) is 3.48. The molecule has 7 heteroatoms. The van der Waals surface area contributed by atoms with Crippen molar-refractivity contribution in [3.05, 3.63) is 70.9 Å². The molecule has 1 aliphatic heterocycles. The molecule has 1 saturated heterocycles. The predicted octanol–water partition coefficient (Wildman–Crippen LogP) is 3.48. The lowest BCUT2D eigenvalue weighted by Gasteiger charge is -2.34. The van der Waals surface area contributed by atoms with E-state index in [0.717, 1.165) is 37.4 Å². The summed E-state index contributed by atoms with van der Waals surface area (Å²) in [7, 11) is 2.15. The van der Waals surface area contributed by atoms with Gasteiger partial charge in [0.05, 0.1) is 17.5 Å². The quantitative estimate of drug-likeness (QED) is 0.550. The van der Waals surface area contributed by atoms with Gasteiger partial charge in [-0.05, 0) is 49.0 Å². The molecule has 2 N–H and O–H groups in total. The highest BCUT2D eigenvalue weighted by atomic mass is 19.1. The Bertz CT molecular complexity index is 1250. The highest BCUT2D eigenvalue weighted by molar-refractivity contribution is 5.82. The van der Waals surface area contributed by atoms with Gasteiger partial charge >= 0.3 is 0 Å². The van der Waals surface area contributed by atoms with Gasteiger partial charge < -0.3 is 19.8 Å². The van der Waals surface area contributed by atoms with Crippen molar-refractivity contribution >= 4 is 16.6 Å². The van der Waals surface area contributed by atoms with Crippen molar-refractivity contribution in [2.24, 2.45) is 0 Å². The van der Waals surface area contributed by atoms with Crippen LogP contribution < -0.4 is 10.5 Å². The molecule has 4 aromatic rings. The standard InChI is InChI=1S/C23H22FN5O/c1-28-8-10-29(11-9-28)18-5-2-15(3-6-18)21-14-25-22(26-21)19-13-16-12-17(24)4-7-20(16)27-23(19)30/h2-7,12-14H,8-11H2,1H3,(H,25,26)(H,27,30). The molecule has 0 spiro atoms. The zero-order valence-corrected chi connectivity index (χ0v) is 16.7. The number of anilines is 1. The van der Waals surface area contributed by atoms with E-state index in [9.17, 15) is 9.18 Å². The van der Waals surface area contributed by atoms with E-state index in [0.29, 0.717) is 22.3 Å². The molecule has 0 unspecified atom stereocenters. The van der Waals surface area contributed by atoms with Gasteiger partial charge in [-0.2, -0.15) is 0 Å². The number of hydrogen-bond donors (Lipinski definition) is 2. The first kappa shape index (κ1) is 18.6. The maximum absolute atomic E-state index is 13.6. The lowest BCUT2D eigenvalue weighted by atomic mass is 10.1. The molecule has 0 atom stereocenters. The van der Waals surface area contributed by atoms with Crippen molar-refractivity contribution in [3.8, 4) is 22.6 Å². The number of benzene rings is 2. The largest absolute Gasteiger partial charge is 0.369 e. The van der Waals surface area contributed by atoms with Crippen molar-refractivity contribution in [2.45, 2.75) is 0 Å². The number of piperazine rings is 1. The van der Waals surface area contributed by atoms with E-state index in [1.54, 1.807) is 18.3 Å². The van der Waals surface area contributed by atoms with Gasteiger partial charge in [-0.3, -0.25) is 4.79 Å². The van der Waals surface area contributed by atoms with Gasteiger partial charge in [0.25, 0.3) is 5.56 Å². The molecule has 0 bridgehead atoms. The van der Waals surface area contributed by atoms with Crippen LogP contribution in [0, 0.1) is 5.82 Å². The van der Waals surface area contributed by atoms with E-state index < -0.39 is 0 Å². The minimum absolute atomic E-state index is 0.263. The van der Waals surface area contributed by atoms with E-state index in [1.807, 2.05) is 0 Å². The molecule has 30 heavy (non-hydrogen) atoms. The first-order chi connectivity index (χ1) is 14.6. The average Bonchev–Trinajstić information content (AvgIpc) is 3.24. The van der Waals surface area contributed by atoms with Crippen molar-refractivity contribution in [2.75, 3.05) is 38.1 Å². The van der Waals surface area contributed by atoms with Crippen LogP contribution in [0.15, 0.2) is 59.5 Å². The molecule has 6 nitrogen and oxygen atoms in total. The monoisotopic (exact) mass is 403 g/mol. The third-order valence-electron chi connectivity index (χ3n) is 5.68. The molecule has 152 valence electrons. The van der Waals surface area contributed by atoms with E-state index in [-0.39, 0.29) is 11.4 Å². The highest BCUT2D eigenvalue weighted by Gasteiger charge is 2.15. The molecule has 1 fully saturated rings. The van der Waals surface area contributed by atoms with Gasteiger partial charge in [-0.15, -0.1) is 0 Å².